The second-order valence-electron chi connectivity index (χ2n) is 18.3. The van der Waals surface area contributed by atoms with Crippen LogP contribution in [0.3, 0.4) is 0 Å². The van der Waals surface area contributed by atoms with Gasteiger partial charge in [0, 0.05) is 30.5 Å². The second kappa shape index (κ2) is 27.0. The summed E-state index contributed by atoms with van der Waals surface area (Å²) >= 11 is 0. The van der Waals surface area contributed by atoms with Crippen molar-refractivity contribution in [3.8, 4) is 0 Å². The molecule has 19 atom stereocenters. The van der Waals surface area contributed by atoms with Gasteiger partial charge in [-0.25, -0.2) is 0 Å². The van der Waals surface area contributed by atoms with Crippen molar-refractivity contribution in [3.63, 3.8) is 0 Å². The highest BCUT2D eigenvalue weighted by Crippen LogP contribution is 2.42. The third-order valence-electron chi connectivity index (χ3n) is 14.0. The summed E-state index contributed by atoms with van der Waals surface area (Å²) in [6, 6.07) is 23.9. The summed E-state index contributed by atoms with van der Waals surface area (Å²) in [5, 5.41) is 20.3. The third kappa shape index (κ3) is 13.4. The maximum atomic E-state index is 12.4. The number of ether oxygens (including phenoxy) is 9. The van der Waals surface area contributed by atoms with Crippen LogP contribution in [-0.4, -0.2) is 111 Å². The van der Waals surface area contributed by atoms with Gasteiger partial charge in [-0.2, -0.15) is 0 Å². The molecule has 3 aromatic rings. The minimum Gasteiger partial charge on any atom is -0.373 e. The van der Waals surface area contributed by atoms with Crippen molar-refractivity contribution < 1.29 is 47.4 Å². The van der Waals surface area contributed by atoms with Gasteiger partial charge in [-0.05, 0) is 69.0 Å². The Kier molecular flexibility index (Phi) is 20.1. The highest BCUT2D eigenvalue weighted by molar-refractivity contribution is 5.57. The normalized spacial score (nSPS) is 34.9. The zero-order valence-corrected chi connectivity index (χ0v) is 40.7. The van der Waals surface area contributed by atoms with Gasteiger partial charge in [0.05, 0.1) is 75.0 Å². The van der Waals surface area contributed by atoms with E-state index in [9.17, 15) is 32.5 Å². The molecule has 4 fully saturated rings. The second-order valence-corrected chi connectivity index (χ2v) is 18.3. The number of aldehydes is 1. The fourth-order valence-corrected chi connectivity index (χ4v) is 9.89. The Labute approximate surface area is 420 Å². The number of rotatable bonds is 23. The van der Waals surface area contributed by atoms with Crippen LogP contribution < -0.4 is 0 Å². The van der Waals surface area contributed by atoms with Crippen LogP contribution >= 0.6 is 0 Å². The minimum atomic E-state index is -1.36. The molecule has 25 heteroatoms. The Morgan fingerprint density at radius 1 is 0.521 bits per heavy atom. The summed E-state index contributed by atoms with van der Waals surface area (Å²) in [4.78, 5) is 27.9. The molecule has 386 valence electrons. The molecule has 1 aliphatic carbocycles. The van der Waals surface area contributed by atoms with Crippen molar-refractivity contribution >= 4 is 6.29 Å². The Morgan fingerprint density at radius 3 is 1.53 bits per heavy atom. The summed E-state index contributed by atoms with van der Waals surface area (Å²) in [7, 11) is 0. The first-order valence-corrected chi connectivity index (χ1v) is 24.2. The molecule has 0 amide bonds. The van der Waals surface area contributed by atoms with Crippen LogP contribution in [0.25, 0.3) is 52.2 Å². The van der Waals surface area contributed by atoms with Crippen LogP contribution in [0, 0.1) is 17.8 Å². The van der Waals surface area contributed by atoms with E-state index in [4.69, 9.17) is 42.6 Å². The quantitative estimate of drug-likeness (QED) is 0.0374. The molecule has 7 unspecified atom stereocenters. The Morgan fingerprint density at radius 2 is 1.00 bits per heavy atom. The van der Waals surface area contributed by atoms with Crippen LogP contribution in [0.1, 0.15) is 57.2 Å². The molecule has 3 aliphatic heterocycles. The van der Waals surface area contributed by atoms with E-state index in [2.05, 4.69) is 50.1 Å². The van der Waals surface area contributed by atoms with Gasteiger partial charge in [0.25, 0.3) is 0 Å². The number of carbonyl (C=O) groups is 1. The van der Waals surface area contributed by atoms with E-state index in [1.54, 1.807) is 6.92 Å². The standard InChI is InChI=1S/C48H59N15O10/c1-5-35-43(72-47-39(58-63-53)40(29(4)36(69-47)22-54-59-49)65-24-30-15-9-6-10-16-30)45(67-26-32-19-13-8-14-20-32)48(68-35)73-44-41(66-25-31-17-11-7-12-18-31)33(55-60-50)21-34(56-61-51)42(44)71-46-38(57-62-52)28(3)27(2)37(23-64)70-46/h6-20,23,27-29,33-48H,5,21-22,24-26H2,1-4H3/t27-,28+,29-,33-,34?,35-,36+,37?,38?,39?,40?,41?,42+,43+,44-,45?,46+,47-,48+/m1/s1. The molecule has 0 N–H and O–H groups in total. The van der Waals surface area contributed by atoms with Crippen molar-refractivity contribution in [2.75, 3.05) is 6.54 Å². The average Bonchev–Trinajstić information content (AvgIpc) is 3.74. The Balaban J connectivity index is 1.30. The molecule has 0 bridgehead atoms. The van der Waals surface area contributed by atoms with Gasteiger partial charge in [-0.1, -0.05) is 144 Å². The lowest BCUT2D eigenvalue weighted by Crippen LogP contribution is -2.62. The predicted molar refractivity (Wildman–Crippen MR) is 260 cm³/mol. The fraction of sp³-hybridized carbons (Fsp3) is 0.604. The minimum absolute atomic E-state index is 0.0102. The van der Waals surface area contributed by atoms with Gasteiger partial charge in [0.2, 0.25) is 0 Å². The van der Waals surface area contributed by atoms with Crippen molar-refractivity contribution in [1.29, 1.82) is 0 Å². The highest BCUT2D eigenvalue weighted by Gasteiger charge is 2.56. The number of hydrogen-bond acceptors (Lipinski definition) is 15. The average molecular weight is 1010 g/mol. The SMILES string of the molecule is CC[C@H]1O[C@@H](O[C@@H]2C(OCc3ccccc3)[C@H](N=[N+]=[N-])CC(N=[N+]=[N-])[C@@H]2O[C@@H]2OC(C=O)[C@H](C)[C@H](C)C2N=[N+]=[N-])C(OCc2ccccc2)[C@H]1O[C@H]1O[C@@H](CN=[N+]=[N-])[C@@H](C)C(OCc2ccccc2)C1N=[N+]=[N-]. The Hall–Kier alpha value is -6.48. The molecule has 0 radical (unpaired) electrons. The summed E-state index contributed by atoms with van der Waals surface area (Å²) in [6.07, 6.45) is -12.3. The third-order valence-corrected chi connectivity index (χ3v) is 14.0. The molecule has 0 aromatic heterocycles. The first kappa shape index (κ1) is 54.3. The molecule has 3 heterocycles. The molecule has 3 aromatic carbocycles. The van der Waals surface area contributed by atoms with E-state index in [1.165, 1.54) is 0 Å². The van der Waals surface area contributed by atoms with Gasteiger partial charge in [-0.3, -0.25) is 0 Å². The van der Waals surface area contributed by atoms with E-state index >= 15 is 0 Å². The van der Waals surface area contributed by atoms with E-state index in [0.717, 1.165) is 16.7 Å². The summed E-state index contributed by atoms with van der Waals surface area (Å²) in [5.41, 5.74) is 51.5. The van der Waals surface area contributed by atoms with Crippen molar-refractivity contribution in [3.05, 3.63) is 160 Å². The number of azide groups is 5. The van der Waals surface area contributed by atoms with E-state index in [-0.39, 0.29) is 38.7 Å². The Bertz CT molecular complexity index is 2500. The zero-order valence-electron chi connectivity index (χ0n) is 40.7. The van der Waals surface area contributed by atoms with Crippen molar-refractivity contribution in [2.45, 2.75) is 158 Å². The van der Waals surface area contributed by atoms with Gasteiger partial charge in [0.15, 0.2) is 18.9 Å². The molecule has 73 heavy (non-hydrogen) atoms. The molecule has 4 aliphatic rings. The molecular weight excluding hydrogens is 947 g/mol. The largest absolute Gasteiger partial charge is 0.373 e. The smallest absolute Gasteiger partial charge is 0.187 e. The van der Waals surface area contributed by atoms with Crippen LogP contribution in [0.15, 0.2) is 117 Å². The van der Waals surface area contributed by atoms with Crippen molar-refractivity contribution in [2.24, 2.45) is 43.3 Å². The molecule has 1 saturated carbocycles. The molecule has 3 saturated heterocycles. The first-order valence-electron chi connectivity index (χ1n) is 24.2. The predicted octanol–water partition coefficient (Wildman–Crippen LogP) is 10.0. The number of benzene rings is 3. The highest BCUT2D eigenvalue weighted by atomic mass is 16.8. The van der Waals surface area contributed by atoms with Crippen LogP contribution in [0.2, 0.25) is 0 Å². The number of nitrogens with zero attached hydrogens (tertiary/aromatic N) is 15. The van der Waals surface area contributed by atoms with Gasteiger partial charge in [-0.15, -0.1) is 0 Å². The zero-order chi connectivity index (χ0) is 51.7. The summed E-state index contributed by atoms with van der Waals surface area (Å²) < 4.78 is 60.3. The molecular formula is C48H59N15O10. The lowest BCUT2D eigenvalue weighted by atomic mass is 9.82. The van der Waals surface area contributed by atoms with E-state index in [0.29, 0.717) is 12.7 Å². The number of hydrogen-bond donors (Lipinski definition) is 0. The van der Waals surface area contributed by atoms with Gasteiger partial charge in [0.1, 0.15) is 36.7 Å². The maximum absolute atomic E-state index is 12.4. The first-order chi connectivity index (χ1) is 35.7. The molecule has 25 nitrogen and oxygen atoms in total. The summed E-state index contributed by atoms with van der Waals surface area (Å²) in [6.45, 7) is 7.45. The topological polar surface area (TPSA) is 344 Å². The molecule has 7 rings (SSSR count). The van der Waals surface area contributed by atoms with Crippen LogP contribution in [0.4, 0.5) is 0 Å². The van der Waals surface area contributed by atoms with Gasteiger partial charge >= 0.3 is 0 Å². The lowest BCUT2D eigenvalue weighted by Gasteiger charge is -2.48. The molecule has 0 spiro atoms. The summed E-state index contributed by atoms with van der Waals surface area (Å²) in [5.74, 6) is -1.24. The van der Waals surface area contributed by atoms with Crippen LogP contribution in [0.5, 0.6) is 0 Å². The number of carbonyl (C=O) groups excluding carboxylic acids is 1. The maximum Gasteiger partial charge on any atom is 0.187 e. The van der Waals surface area contributed by atoms with Crippen molar-refractivity contribution in [1.82, 2.24) is 0 Å². The lowest BCUT2D eigenvalue weighted by molar-refractivity contribution is -0.300. The van der Waals surface area contributed by atoms with Gasteiger partial charge < -0.3 is 47.4 Å². The van der Waals surface area contributed by atoms with Crippen LogP contribution in [-0.2, 0) is 67.2 Å². The van der Waals surface area contributed by atoms with E-state index in [1.807, 2.05) is 112 Å². The monoisotopic (exact) mass is 1010 g/mol. The van der Waals surface area contributed by atoms with E-state index < -0.39 is 110 Å². The fourth-order valence-electron chi connectivity index (χ4n) is 9.89.